The first kappa shape index (κ1) is 15.1. The largest absolute Gasteiger partial charge is 0.460 e. The van der Waals surface area contributed by atoms with E-state index in [4.69, 9.17) is 4.74 Å². The molecule has 0 aliphatic heterocycles. The van der Waals surface area contributed by atoms with Gasteiger partial charge in [-0.15, -0.1) is 11.3 Å². The first-order chi connectivity index (χ1) is 11.9. The minimum atomic E-state index is 0.182. The molecule has 0 bridgehead atoms. The van der Waals surface area contributed by atoms with Gasteiger partial charge in [-0.25, -0.2) is 4.68 Å². The Morgan fingerprint density at radius 2 is 2.04 bits per heavy atom. The van der Waals surface area contributed by atoms with Crippen LogP contribution in [0, 0.1) is 0 Å². The van der Waals surface area contributed by atoms with Gasteiger partial charge in [-0.1, -0.05) is 6.42 Å². The highest BCUT2D eigenvalue weighted by Gasteiger charge is 2.18. The molecule has 0 spiro atoms. The number of hydrogen-bond donors (Lipinski definition) is 1. The molecule has 7 nitrogen and oxygen atoms in total. The van der Waals surface area contributed by atoms with E-state index in [0.29, 0.717) is 17.9 Å². The van der Waals surface area contributed by atoms with Crippen molar-refractivity contribution in [1.29, 1.82) is 0 Å². The van der Waals surface area contributed by atoms with E-state index in [9.17, 15) is 0 Å². The van der Waals surface area contributed by atoms with E-state index in [1.165, 1.54) is 19.3 Å². The summed E-state index contributed by atoms with van der Waals surface area (Å²) < 4.78 is 7.62. The maximum Gasteiger partial charge on any atom is 0.323 e. The Labute approximate surface area is 143 Å². The van der Waals surface area contributed by atoms with Crippen LogP contribution >= 0.6 is 11.3 Å². The van der Waals surface area contributed by atoms with Crippen LogP contribution in [-0.2, 0) is 0 Å². The number of ether oxygens (including phenoxy) is 1. The van der Waals surface area contributed by atoms with Gasteiger partial charge in [0.1, 0.15) is 6.10 Å². The average molecular weight is 342 g/mol. The fourth-order valence-corrected chi connectivity index (χ4v) is 3.35. The highest BCUT2D eigenvalue weighted by Crippen LogP contribution is 2.24. The number of nitrogens with one attached hydrogen (secondary N) is 1. The molecule has 24 heavy (non-hydrogen) atoms. The van der Waals surface area contributed by atoms with Crippen LogP contribution in [0.1, 0.15) is 32.1 Å². The lowest BCUT2D eigenvalue weighted by Crippen LogP contribution is -2.21. The number of anilines is 2. The van der Waals surface area contributed by atoms with Crippen LogP contribution in [0.3, 0.4) is 0 Å². The van der Waals surface area contributed by atoms with Gasteiger partial charge in [0.2, 0.25) is 5.95 Å². The van der Waals surface area contributed by atoms with Gasteiger partial charge in [-0.2, -0.15) is 20.1 Å². The van der Waals surface area contributed by atoms with Crippen molar-refractivity contribution in [2.24, 2.45) is 0 Å². The molecule has 1 saturated carbocycles. The Kier molecular flexibility index (Phi) is 4.37. The monoisotopic (exact) mass is 342 g/mol. The van der Waals surface area contributed by atoms with Crippen LogP contribution < -0.4 is 10.1 Å². The lowest BCUT2D eigenvalue weighted by Gasteiger charge is -2.21. The van der Waals surface area contributed by atoms with Crippen LogP contribution in [0.5, 0.6) is 6.01 Å². The molecule has 0 atom stereocenters. The predicted molar refractivity (Wildman–Crippen MR) is 92.1 cm³/mol. The molecule has 1 N–H and O–H groups in total. The number of nitrogens with zero attached hydrogens (tertiary/aromatic N) is 5. The van der Waals surface area contributed by atoms with E-state index in [-0.39, 0.29) is 6.10 Å². The van der Waals surface area contributed by atoms with E-state index >= 15 is 0 Å². The molecular weight excluding hydrogens is 324 g/mol. The molecule has 1 aliphatic rings. The van der Waals surface area contributed by atoms with Crippen molar-refractivity contribution >= 4 is 22.3 Å². The molecule has 124 valence electrons. The quantitative estimate of drug-likeness (QED) is 0.764. The van der Waals surface area contributed by atoms with E-state index in [2.05, 4.69) is 25.4 Å². The zero-order valence-corrected chi connectivity index (χ0v) is 13.9. The first-order valence-corrected chi connectivity index (χ1v) is 8.98. The lowest BCUT2D eigenvalue weighted by molar-refractivity contribution is 0.141. The SMILES string of the molecule is c1csc(Nc2nc(OC3CCCCC3)nc(-n3cccn3)n2)c1. The molecule has 3 heterocycles. The molecule has 1 aliphatic carbocycles. The molecule has 0 unspecified atom stereocenters. The number of rotatable bonds is 5. The summed E-state index contributed by atoms with van der Waals surface area (Å²) >= 11 is 1.59. The molecule has 0 amide bonds. The zero-order valence-electron chi connectivity index (χ0n) is 13.1. The van der Waals surface area contributed by atoms with Crippen LogP contribution in [-0.4, -0.2) is 30.8 Å². The molecule has 4 rings (SSSR count). The van der Waals surface area contributed by atoms with Gasteiger partial charge in [0, 0.05) is 12.4 Å². The topological polar surface area (TPSA) is 77.8 Å². The van der Waals surface area contributed by atoms with Crippen molar-refractivity contribution in [2.75, 3.05) is 5.32 Å². The highest BCUT2D eigenvalue weighted by atomic mass is 32.1. The summed E-state index contributed by atoms with van der Waals surface area (Å²) in [4.78, 5) is 13.3. The maximum absolute atomic E-state index is 6.01. The Balaban J connectivity index is 1.62. The van der Waals surface area contributed by atoms with Crippen molar-refractivity contribution in [3.8, 4) is 12.0 Å². The zero-order chi connectivity index (χ0) is 16.2. The molecule has 3 aromatic heterocycles. The van der Waals surface area contributed by atoms with Gasteiger partial charge < -0.3 is 10.1 Å². The maximum atomic E-state index is 6.01. The van der Waals surface area contributed by atoms with E-state index in [1.807, 2.05) is 23.6 Å². The predicted octanol–water partition coefficient (Wildman–Crippen LogP) is 3.57. The van der Waals surface area contributed by atoms with Gasteiger partial charge in [-0.05, 0) is 49.3 Å². The third-order valence-electron chi connectivity index (χ3n) is 3.89. The van der Waals surface area contributed by atoms with Gasteiger partial charge in [0.25, 0.3) is 5.95 Å². The molecule has 8 heteroatoms. The second kappa shape index (κ2) is 6.96. The third-order valence-corrected chi connectivity index (χ3v) is 4.68. The van der Waals surface area contributed by atoms with E-state index < -0.39 is 0 Å². The Hall–Kier alpha value is -2.48. The van der Waals surface area contributed by atoms with E-state index in [1.54, 1.807) is 28.4 Å². The summed E-state index contributed by atoms with van der Waals surface area (Å²) in [6.07, 6.45) is 9.45. The van der Waals surface area contributed by atoms with Gasteiger partial charge in [0.05, 0.1) is 5.00 Å². The summed E-state index contributed by atoms with van der Waals surface area (Å²) in [5, 5.41) is 10.4. The summed E-state index contributed by atoms with van der Waals surface area (Å²) in [5.74, 6) is 0.906. The van der Waals surface area contributed by atoms with Crippen molar-refractivity contribution in [1.82, 2.24) is 24.7 Å². The minimum absolute atomic E-state index is 0.182. The summed E-state index contributed by atoms with van der Waals surface area (Å²) in [6, 6.07) is 6.13. The van der Waals surface area contributed by atoms with Gasteiger partial charge >= 0.3 is 6.01 Å². The lowest BCUT2D eigenvalue weighted by atomic mass is 9.98. The second-order valence-corrected chi connectivity index (χ2v) is 6.62. The summed E-state index contributed by atoms with van der Waals surface area (Å²) in [5.41, 5.74) is 0. The second-order valence-electron chi connectivity index (χ2n) is 5.67. The Bertz CT molecular complexity index is 768. The highest BCUT2D eigenvalue weighted by molar-refractivity contribution is 7.14. The Morgan fingerprint density at radius 1 is 1.12 bits per heavy atom. The first-order valence-electron chi connectivity index (χ1n) is 8.10. The molecule has 3 aromatic rings. The third kappa shape index (κ3) is 3.53. The van der Waals surface area contributed by atoms with Crippen LogP contribution in [0.25, 0.3) is 5.95 Å². The van der Waals surface area contributed by atoms with E-state index in [0.717, 1.165) is 17.8 Å². The van der Waals surface area contributed by atoms with Crippen molar-refractivity contribution in [3.05, 3.63) is 36.0 Å². The Morgan fingerprint density at radius 3 is 2.79 bits per heavy atom. The molecular formula is C16H18N6OS. The fourth-order valence-electron chi connectivity index (χ4n) is 2.74. The van der Waals surface area contributed by atoms with Crippen molar-refractivity contribution < 1.29 is 4.74 Å². The average Bonchev–Trinajstić information content (AvgIpc) is 3.29. The summed E-state index contributed by atoms with van der Waals surface area (Å²) in [7, 11) is 0. The molecule has 1 fully saturated rings. The smallest absolute Gasteiger partial charge is 0.323 e. The van der Waals surface area contributed by atoms with Crippen molar-refractivity contribution in [2.45, 2.75) is 38.2 Å². The minimum Gasteiger partial charge on any atom is -0.460 e. The van der Waals surface area contributed by atoms with Crippen LogP contribution in [0.4, 0.5) is 10.9 Å². The molecule has 0 radical (unpaired) electrons. The molecule has 0 aromatic carbocycles. The number of aromatic nitrogens is 5. The van der Waals surface area contributed by atoms with Gasteiger partial charge in [0.15, 0.2) is 0 Å². The standard InChI is InChI=1S/C16H18N6OS/c1-2-6-12(7-3-1)23-16-20-14(18-13-8-4-11-24-13)19-15(21-16)22-10-5-9-17-22/h4-5,8-12H,1-3,6-7H2,(H,18,19,20,21). The molecule has 0 saturated heterocycles. The number of thiophene rings is 1. The number of hydrogen-bond acceptors (Lipinski definition) is 7. The normalized spacial score (nSPS) is 15.3. The van der Waals surface area contributed by atoms with Crippen LogP contribution in [0.2, 0.25) is 0 Å². The summed E-state index contributed by atoms with van der Waals surface area (Å²) in [6.45, 7) is 0. The van der Waals surface area contributed by atoms with Gasteiger partial charge in [-0.3, -0.25) is 0 Å². The van der Waals surface area contributed by atoms with Crippen molar-refractivity contribution in [3.63, 3.8) is 0 Å². The fraction of sp³-hybridized carbons (Fsp3) is 0.375. The van der Waals surface area contributed by atoms with Crippen LogP contribution in [0.15, 0.2) is 36.0 Å².